The highest BCUT2D eigenvalue weighted by Crippen LogP contribution is 2.48. The van der Waals surface area contributed by atoms with E-state index in [1.54, 1.807) is 18.2 Å². The van der Waals surface area contributed by atoms with Crippen LogP contribution in [0, 0.1) is 11.3 Å². The Labute approximate surface area is 147 Å². The van der Waals surface area contributed by atoms with Gasteiger partial charge in [-0.05, 0) is 38.1 Å². The van der Waals surface area contributed by atoms with Gasteiger partial charge in [-0.25, -0.2) is 9.97 Å². The van der Waals surface area contributed by atoms with Crippen LogP contribution in [-0.2, 0) is 6.18 Å². The number of hydrogen-bond donors (Lipinski definition) is 0. The van der Waals surface area contributed by atoms with Crippen LogP contribution in [0.2, 0.25) is 0 Å². The maximum absolute atomic E-state index is 12.9. The Morgan fingerprint density at radius 1 is 1.32 bits per heavy atom. The van der Waals surface area contributed by atoms with E-state index < -0.39 is 17.5 Å². The molecule has 8 heteroatoms. The third-order valence-electron chi connectivity index (χ3n) is 3.72. The summed E-state index contributed by atoms with van der Waals surface area (Å²) in [5, 5.41) is 8.93. The molecule has 0 fully saturated rings. The zero-order valence-corrected chi connectivity index (χ0v) is 14.3. The maximum Gasteiger partial charge on any atom is 0.433 e. The molecule has 1 aromatic carbocycles. The largest absolute Gasteiger partial charge is 0.487 e. The minimum atomic E-state index is -4.51. The molecule has 2 aromatic rings. The molecule has 0 spiro atoms. The van der Waals surface area contributed by atoms with Crippen molar-refractivity contribution in [2.45, 2.75) is 42.5 Å². The fourth-order valence-corrected chi connectivity index (χ4v) is 3.97. The van der Waals surface area contributed by atoms with Crippen LogP contribution >= 0.6 is 11.8 Å². The number of aromatic nitrogens is 2. The summed E-state index contributed by atoms with van der Waals surface area (Å²) in [6.45, 7) is 3.82. The number of ether oxygens (including phenoxy) is 1. The topological polar surface area (TPSA) is 58.8 Å². The predicted molar refractivity (Wildman–Crippen MR) is 86.1 cm³/mol. The third-order valence-corrected chi connectivity index (χ3v) is 4.83. The van der Waals surface area contributed by atoms with Crippen molar-refractivity contribution in [2.75, 3.05) is 0 Å². The molecule has 3 rings (SSSR count). The van der Waals surface area contributed by atoms with E-state index in [1.807, 2.05) is 13.8 Å². The van der Waals surface area contributed by atoms with E-state index in [4.69, 9.17) is 10.00 Å². The smallest absolute Gasteiger partial charge is 0.433 e. The maximum atomic E-state index is 12.9. The third kappa shape index (κ3) is 3.87. The highest BCUT2D eigenvalue weighted by atomic mass is 32.2. The zero-order chi connectivity index (χ0) is 18.2. The predicted octanol–water partition coefficient (Wildman–Crippen LogP) is 4.76. The Morgan fingerprint density at radius 3 is 2.76 bits per heavy atom. The minimum absolute atomic E-state index is 0.0471. The van der Waals surface area contributed by atoms with Crippen LogP contribution in [0.15, 0.2) is 35.6 Å². The van der Waals surface area contributed by atoms with Gasteiger partial charge in [0.2, 0.25) is 0 Å². The second-order valence-electron chi connectivity index (χ2n) is 6.26. The van der Waals surface area contributed by atoms with Crippen LogP contribution in [0.4, 0.5) is 13.2 Å². The van der Waals surface area contributed by atoms with Crippen molar-refractivity contribution in [1.29, 1.82) is 5.26 Å². The summed E-state index contributed by atoms with van der Waals surface area (Å²) < 4.78 is 44.5. The number of nitriles is 1. The second-order valence-corrected chi connectivity index (χ2v) is 7.43. The standard InChI is InChI=1S/C17H14F3N3OS/c1-16(2)8-13(11-7-10(9-21)3-4-12(11)24-16)25-15-22-6-5-14(23-15)17(18,19)20/h3-7,13H,8H2,1-2H3/t13-/m0/s1. The van der Waals surface area contributed by atoms with Crippen molar-refractivity contribution in [3.63, 3.8) is 0 Å². The molecule has 0 aliphatic carbocycles. The van der Waals surface area contributed by atoms with Crippen LogP contribution in [0.3, 0.4) is 0 Å². The average Bonchev–Trinajstić information content (AvgIpc) is 2.53. The van der Waals surface area contributed by atoms with Gasteiger partial charge in [-0.1, -0.05) is 11.8 Å². The molecule has 1 aliphatic rings. The lowest BCUT2D eigenvalue weighted by molar-refractivity contribution is -0.141. The van der Waals surface area contributed by atoms with E-state index in [0.717, 1.165) is 29.6 Å². The molecule has 0 saturated carbocycles. The fourth-order valence-electron chi connectivity index (χ4n) is 2.65. The molecule has 0 bridgehead atoms. The molecule has 0 saturated heterocycles. The Morgan fingerprint density at radius 2 is 2.08 bits per heavy atom. The normalized spacial score (nSPS) is 18.8. The first-order valence-electron chi connectivity index (χ1n) is 7.48. The highest BCUT2D eigenvalue weighted by Gasteiger charge is 2.36. The van der Waals surface area contributed by atoms with E-state index in [-0.39, 0.29) is 10.4 Å². The summed E-state index contributed by atoms with van der Waals surface area (Å²) >= 11 is 1.15. The number of fused-ring (bicyclic) bond motifs is 1. The molecule has 1 aromatic heterocycles. The van der Waals surface area contributed by atoms with Crippen LogP contribution in [0.25, 0.3) is 0 Å². The summed E-state index contributed by atoms with van der Waals surface area (Å²) in [7, 11) is 0. The van der Waals surface area contributed by atoms with Gasteiger partial charge in [-0.15, -0.1) is 0 Å². The summed E-state index contributed by atoms with van der Waals surface area (Å²) in [5.74, 6) is 0.625. The van der Waals surface area contributed by atoms with Crippen LogP contribution < -0.4 is 4.74 Å². The van der Waals surface area contributed by atoms with Gasteiger partial charge < -0.3 is 4.74 Å². The molecule has 25 heavy (non-hydrogen) atoms. The summed E-state index contributed by atoms with van der Waals surface area (Å²) in [4.78, 5) is 7.58. The number of benzene rings is 1. The number of nitrogens with zero attached hydrogens (tertiary/aromatic N) is 3. The van der Waals surface area contributed by atoms with Gasteiger partial charge in [0, 0.05) is 23.4 Å². The summed E-state index contributed by atoms with van der Waals surface area (Å²) in [6.07, 6.45) is -2.85. The molecule has 130 valence electrons. The van der Waals surface area contributed by atoms with E-state index in [2.05, 4.69) is 16.0 Å². The lowest BCUT2D eigenvalue weighted by Gasteiger charge is -2.37. The first kappa shape index (κ1) is 17.5. The molecule has 0 N–H and O–H groups in total. The Bertz CT molecular complexity index is 846. The van der Waals surface area contributed by atoms with Crippen LogP contribution in [-0.4, -0.2) is 15.6 Å². The number of hydrogen-bond acceptors (Lipinski definition) is 5. The molecular formula is C17H14F3N3OS. The van der Waals surface area contributed by atoms with Gasteiger partial charge in [-0.2, -0.15) is 18.4 Å². The van der Waals surface area contributed by atoms with Gasteiger partial charge >= 0.3 is 6.18 Å². The number of halogens is 3. The Balaban J connectivity index is 1.96. The van der Waals surface area contributed by atoms with Gasteiger partial charge in [0.25, 0.3) is 0 Å². The highest BCUT2D eigenvalue weighted by molar-refractivity contribution is 7.99. The Hall–Kier alpha value is -2.27. The molecule has 0 unspecified atom stereocenters. The van der Waals surface area contributed by atoms with E-state index >= 15 is 0 Å². The van der Waals surface area contributed by atoms with Gasteiger partial charge in [-0.3, -0.25) is 0 Å². The van der Waals surface area contributed by atoms with Gasteiger partial charge in [0.15, 0.2) is 5.16 Å². The number of rotatable bonds is 2. The molecule has 0 amide bonds. The zero-order valence-electron chi connectivity index (χ0n) is 13.5. The first-order valence-corrected chi connectivity index (χ1v) is 8.36. The molecule has 1 atom stereocenters. The fraction of sp³-hybridized carbons (Fsp3) is 0.353. The van der Waals surface area contributed by atoms with Crippen molar-refractivity contribution in [3.05, 3.63) is 47.3 Å². The quantitative estimate of drug-likeness (QED) is 0.718. The first-order chi connectivity index (χ1) is 11.7. The van der Waals surface area contributed by atoms with Gasteiger partial charge in [0.1, 0.15) is 17.0 Å². The molecule has 2 heterocycles. The lowest BCUT2D eigenvalue weighted by Crippen LogP contribution is -2.34. The van der Waals surface area contributed by atoms with E-state index in [9.17, 15) is 13.2 Å². The summed E-state index contributed by atoms with van der Waals surface area (Å²) in [5.41, 5.74) is -0.218. The van der Waals surface area contributed by atoms with Crippen molar-refractivity contribution in [2.24, 2.45) is 0 Å². The second kappa shape index (κ2) is 6.23. The van der Waals surface area contributed by atoms with Gasteiger partial charge in [0.05, 0.1) is 11.6 Å². The minimum Gasteiger partial charge on any atom is -0.487 e. The lowest BCUT2D eigenvalue weighted by atomic mass is 9.93. The number of alkyl halides is 3. The van der Waals surface area contributed by atoms with Crippen molar-refractivity contribution in [1.82, 2.24) is 9.97 Å². The SMILES string of the molecule is CC1(C)C[C@H](Sc2nccc(C(F)(F)F)n2)c2cc(C#N)ccc2O1. The average molecular weight is 365 g/mol. The van der Waals surface area contributed by atoms with E-state index in [1.165, 1.54) is 0 Å². The monoisotopic (exact) mass is 365 g/mol. The van der Waals surface area contributed by atoms with E-state index in [0.29, 0.717) is 17.7 Å². The van der Waals surface area contributed by atoms with Crippen molar-refractivity contribution in [3.8, 4) is 11.8 Å². The molecule has 1 aliphatic heterocycles. The molecular weight excluding hydrogens is 351 g/mol. The van der Waals surface area contributed by atoms with Crippen LogP contribution in [0.5, 0.6) is 5.75 Å². The van der Waals surface area contributed by atoms with Crippen molar-refractivity contribution < 1.29 is 17.9 Å². The van der Waals surface area contributed by atoms with Crippen molar-refractivity contribution >= 4 is 11.8 Å². The number of thioether (sulfide) groups is 1. The molecule has 0 radical (unpaired) electrons. The Kier molecular flexibility index (Phi) is 4.37. The van der Waals surface area contributed by atoms with Crippen LogP contribution in [0.1, 0.15) is 42.3 Å². The summed E-state index contributed by atoms with van der Waals surface area (Å²) in [6, 6.07) is 7.99. The molecule has 4 nitrogen and oxygen atoms in total.